The molecule has 1 aromatic heterocycles. The highest BCUT2D eigenvalue weighted by molar-refractivity contribution is 9.10. The molecule has 0 spiro atoms. The van der Waals surface area contributed by atoms with Crippen LogP contribution >= 0.6 is 15.9 Å². The van der Waals surface area contributed by atoms with Crippen LogP contribution < -0.4 is 5.73 Å². The molecule has 1 heterocycles. The van der Waals surface area contributed by atoms with Crippen molar-refractivity contribution in [2.24, 2.45) is 12.8 Å². The van der Waals surface area contributed by atoms with Crippen molar-refractivity contribution in [3.05, 3.63) is 28.4 Å². The maximum absolute atomic E-state index is 5.71. The molecule has 2 aromatic rings. The van der Waals surface area contributed by atoms with Crippen LogP contribution in [0.1, 0.15) is 18.4 Å². The van der Waals surface area contributed by atoms with Gasteiger partial charge in [-0.05, 0) is 40.0 Å². The molecule has 2 rings (SSSR count). The van der Waals surface area contributed by atoms with Crippen molar-refractivity contribution in [1.82, 2.24) is 9.78 Å². The maximum Gasteiger partial charge on any atom is 0.136 e. The molecule has 0 saturated carbocycles. The van der Waals surface area contributed by atoms with E-state index in [1.807, 2.05) is 11.7 Å². The Hall–Kier alpha value is -0.870. The van der Waals surface area contributed by atoms with Crippen molar-refractivity contribution in [3.63, 3.8) is 0 Å². The number of fused-ring (bicyclic) bond motifs is 1. The predicted octanol–water partition coefficient (Wildman–Crippen LogP) is 2.40. The second-order valence-electron chi connectivity index (χ2n) is 3.79. The summed E-state index contributed by atoms with van der Waals surface area (Å²) in [6.07, 6.45) is 0. The number of halogens is 1. The van der Waals surface area contributed by atoms with Crippen LogP contribution in [0.2, 0.25) is 0 Å². The first kappa shape index (κ1) is 10.6. The lowest BCUT2D eigenvalue weighted by atomic mass is 9.98. The van der Waals surface area contributed by atoms with Gasteiger partial charge in [-0.2, -0.15) is 5.10 Å². The standard InChI is InChI=1S/C11H14BrN3/c1-7(6-13)8-4-3-5-9-10(8)11(12)14-15(9)2/h3-5,7H,6,13H2,1-2H3. The fourth-order valence-corrected chi connectivity index (χ4v) is 2.50. The number of benzene rings is 1. The van der Waals surface area contributed by atoms with E-state index in [9.17, 15) is 0 Å². The minimum absolute atomic E-state index is 0.356. The van der Waals surface area contributed by atoms with Crippen LogP contribution in [0.3, 0.4) is 0 Å². The number of hydrogen-bond acceptors (Lipinski definition) is 2. The van der Waals surface area contributed by atoms with Crippen LogP contribution in [0.5, 0.6) is 0 Å². The van der Waals surface area contributed by atoms with Gasteiger partial charge < -0.3 is 5.73 Å². The van der Waals surface area contributed by atoms with Crippen LogP contribution in [0.15, 0.2) is 22.8 Å². The Morgan fingerprint density at radius 3 is 2.93 bits per heavy atom. The zero-order valence-corrected chi connectivity index (χ0v) is 10.5. The molecule has 0 amide bonds. The van der Waals surface area contributed by atoms with E-state index < -0.39 is 0 Å². The van der Waals surface area contributed by atoms with Gasteiger partial charge in [0.25, 0.3) is 0 Å². The third-order valence-corrected chi connectivity index (χ3v) is 3.31. The molecule has 0 aliphatic rings. The van der Waals surface area contributed by atoms with Gasteiger partial charge in [0.15, 0.2) is 0 Å². The van der Waals surface area contributed by atoms with E-state index in [0.29, 0.717) is 12.5 Å². The van der Waals surface area contributed by atoms with Crippen LogP contribution in [-0.4, -0.2) is 16.3 Å². The fraction of sp³-hybridized carbons (Fsp3) is 0.364. The van der Waals surface area contributed by atoms with E-state index >= 15 is 0 Å². The van der Waals surface area contributed by atoms with Crippen LogP contribution in [0.4, 0.5) is 0 Å². The smallest absolute Gasteiger partial charge is 0.136 e. The molecule has 0 aliphatic carbocycles. The van der Waals surface area contributed by atoms with Crippen LogP contribution in [0.25, 0.3) is 10.9 Å². The molecule has 1 atom stereocenters. The highest BCUT2D eigenvalue weighted by atomic mass is 79.9. The zero-order chi connectivity index (χ0) is 11.0. The second kappa shape index (κ2) is 3.94. The molecule has 80 valence electrons. The third-order valence-electron chi connectivity index (χ3n) is 2.75. The molecular weight excluding hydrogens is 254 g/mol. The van der Waals surface area contributed by atoms with E-state index in [1.54, 1.807) is 0 Å². The van der Waals surface area contributed by atoms with Crippen molar-refractivity contribution in [2.45, 2.75) is 12.8 Å². The maximum atomic E-state index is 5.71. The Bertz CT molecular complexity index is 490. The van der Waals surface area contributed by atoms with Crippen molar-refractivity contribution < 1.29 is 0 Å². The number of rotatable bonds is 2. The number of nitrogens with zero attached hydrogens (tertiary/aromatic N) is 2. The summed E-state index contributed by atoms with van der Waals surface area (Å²) in [6, 6.07) is 6.24. The zero-order valence-electron chi connectivity index (χ0n) is 8.87. The largest absolute Gasteiger partial charge is 0.330 e. The number of hydrogen-bond donors (Lipinski definition) is 1. The molecule has 1 aromatic carbocycles. The lowest BCUT2D eigenvalue weighted by molar-refractivity contribution is 0.780. The third kappa shape index (κ3) is 1.68. The minimum Gasteiger partial charge on any atom is -0.330 e. The van der Waals surface area contributed by atoms with E-state index in [0.717, 1.165) is 10.1 Å². The van der Waals surface area contributed by atoms with Gasteiger partial charge in [-0.15, -0.1) is 0 Å². The van der Waals surface area contributed by atoms with E-state index in [4.69, 9.17) is 5.73 Å². The van der Waals surface area contributed by atoms with Gasteiger partial charge in [-0.1, -0.05) is 19.1 Å². The first-order valence-corrected chi connectivity index (χ1v) is 5.75. The molecule has 0 aliphatic heterocycles. The summed E-state index contributed by atoms with van der Waals surface area (Å²) in [4.78, 5) is 0. The first-order valence-electron chi connectivity index (χ1n) is 4.96. The second-order valence-corrected chi connectivity index (χ2v) is 4.54. The van der Waals surface area contributed by atoms with Crippen LogP contribution in [-0.2, 0) is 7.05 Å². The number of nitrogens with two attached hydrogens (primary N) is 1. The quantitative estimate of drug-likeness (QED) is 0.908. The Morgan fingerprint density at radius 2 is 2.27 bits per heavy atom. The molecule has 0 radical (unpaired) electrons. The Labute approximate surface area is 97.4 Å². The lowest BCUT2D eigenvalue weighted by Crippen LogP contribution is -2.09. The molecule has 0 saturated heterocycles. The molecule has 1 unspecified atom stereocenters. The van der Waals surface area contributed by atoms with E-state index in [2.05, 4.69) is 46.2 Å². The average Bonchev–Trinajstić information content (AvgIpc) is 2.54. The topological polar surface area (TPSA) is 43.8 Å². The van der Waals surface area contributed by atoms with Crippen molar-refractivity contribution in [3.8, 4) is 0 Å². The highest BCUT2D eigenvalue weighted by Gasteiger charge is 2.13. The number of aryl methyl sites for hydroxylation is 1. The van der Waals surface area contributed by atoms with Crippen molar-refractivity contribution in [2.75, 3.05) is 6.54 Å². The van der Waals surface area contributed by atoms with E-state index in [-0.39, 0.29) is 0 Å². The molecule has 15 heavy (non-hydrogen) atoms. The molecule has 2 N–H and O–H groups in total. The van der Waals surface area contributed by atoms with Gasteiger partial charge in [-0.3, -0.25) is 4.68 Å². The van der Waals surface area contributed by atoms with Gasteiger partial charge in [0.1, 0.15) is 4.60 Å². The SMILES string of the molecule is CC(CN)c1cccc2c1c(Br)nn2C. The van der Waals surface area contributed by atoms with Gasteiger partial charge in [0.2, 0.25) is 0 Å². The Kier molecular flexibility index (Phi) is 2.80. The molecule has 4 heteroatoms. The van der Waals surface area contributed by atoms with Gasteiger partial charge in [-0.25, -0.2) is 0 Å². The summed E-state index contributed by atoms with van der Waals surface area (Å²) in [7, 11) is 1.95. The summed E-state index contributed by atoms with van der Waals surface area (Å²) in [5.74, 6) is 0.356. The molecule has 0 fully saturated rings. The van der Waals surface area contributed by atoms with Crippen molar-refractivity contribution in [1.29, 1.82) is 0 Å². The average molecular weight is 268 g/mol. The summed E-state index contributed by atoms with van der Waals surface area (Å²) < 4.78 is 2.78. The summed E-state index contributed by atoms with van der Waals surface area (Å²) in [6.45, 7) is 2.79. The monoisotopic (exact) mass is 267 g/mol. The van der Waals surface area contributed by atoms with Gasteiger partial charge in [0, 0.05) is 12.4 Å². The lowest BCUT2D eigenvalue weighted by Gasteiger charge is -2.10. The minimum atomic E-state index is 0.356. The van der Waals surface area contributed by atoms with Crippen molar-refractivity contribution >= 4 is 26.8 Å². The predicted molar refractivity (Wildman–Crippen MR) is 65.9 cm³/mol. The molecule has 3 nitrogen and oxygen atoms in total. The summed E-state index contributed by atoms with van der Waals surface area (Å²) in [5.41, 5.74) is 8.11. The van der Waals surface area contributed by atoms with E-state index in [1.165, 1.54) is 10.9 Å². The van der Waals surface area contributed by atoms with Gasteiger partial charge >= 0.3 is 0 Å². The normalized spacial score (nSPS) is 13.3. The summed E-state index contributed by atoms with van der Waals surface area (Å²) >= 11 is 3.49. The van der Waals surface area contributed by atoms with Gasteiger partial charge in [0.05, 0.1) is 5.52 Å². The first-order chi connectivity index (χ1) is 7.15. The Morgan fingerprint density at radius 1 is 1.53 bits per heavy atom. The Balaban J connectivity index is 2.75. The molecular formula is C11H14BrN3. The molecule has 0 bridgehead atoms. The fourth-order valence-electron chi connectivity index (χ4n) is 1.83. The highest BCUT2D eigenvalue weighted by Crippen LogP contribution is 2.30. The van der Waals surface area contributed by atoms with Crippen LogP contribution in [0, 0.1) is 0 Å². The number of aromatic nitrogens is 2. The summed E-state index contributed by atoms with van der Waals surface area (Å²) in [5, 5.41) is 5.54.